The van der Waals surface area contributed by atoms with Crippen molar-refractivity contribution in [1.82, 2.24) is 0 Å². The van der Waals surface area contributed by atoms with E-state index < -0.39 is 5.97 Å². The monoisotopic (exact) mass is 297 g/mol. The number of phenolic OH excluding ortho intramolecular Hbond substituents is 1. The molecule has 0 spiro atoms. The molecule has 0 aliphatic carbocycles. The van der Waals surface area contributed by atoms with Crippen LogP contribution in [0.4, 0.5) is 0 Å². The van der Waals surface area contributed by atoms with Crippen molar-refractivity contribution in [2.75, 3.05) is 6.61 Å². The van der Waals surface area contributed by atoms with Crippen LogP contribution in [0.1, 0.15) is 23.6 Å². The number of carbonyl (C=O) groups is 1. The van der Waals surface area contributed by atoms with Gasteiger partial charge < -0.3 is 9.84 Å². The summed E-state index contributed by atoms with van der Waals surface area (Å²) in [4.78, 5) is 11.3. The summed E-state index contributed by atoms with van der Waals surface area (Å²) in [5.41, 5.74) is 1.40. The van der Waals surface area contributed by atoms with Crippen molar-refractivity contribution in [2.24, 2.45) is 0 Å². The Morgan fingerprint density at radius 2 is 2.29 bits per heavy atom. The number of aromatic hydroxyl groups is 1. The zero-order chi connectivity index (χ0) is 12.8. The average molecular weight is 298 g/mol. The molecule has 0 aliphatic heterocycles. The van der Waals surface area contributed by atoms with Crippen LogP contribution < -0.4 is 0 Å². The Morgan fingerprint density at radius 3 is 2.82 bits per heavy atom. The van der Waals surface area contributed by atoms with Gasteiger partial charge >= 0.3 is 5.97 Å². The second kappa shape index (κ2) is 6.26. The van der Waals surface area contributed by atoms with Crippen molar-refractivity contribution < 1.29 is 14.6 Å². The van der Waals surface area contributed by atoms with Crippen LogP contribution in [0.25, 0.3) is 0 Å². The van der Waals surface area contributed by atoms with Gasteiger partial charge in [0.15, 0.2) is 0 Å². The third-order valence-electron chi connectivity index (χ3n) is 2.19. The summed E-state index contributed by atoms with van der Waals surface area (Å²) in [5.74, 6) is -0.502. The summed E-state index contributed by atoms with van der Waals surface area (Å²) in [6, 6.07) is 5.14. The highest BCUT2D eigenvalue weighted by Gasteiger charge is 2.14. The number of alkyl halides is 1. The van der Waals surface area contributed by atoms with Gasteiger partial charge in [-0.15, -0.1) is 0 Å². The van der Waals surface area contributed by atoms with Gasteiger partial charge in [0.1, 0.15) is 5.75 Å². The molecule has 5 heteroatoms. The summed E-state index contributed by atoms with van der Waals surface area (Å²) in [6.07, 6.45) is -0.0921. The topological polar surface area (TPSA) is 70.3 Å². The molecule has 0 amide bonds. The number of rotatable bonds is 4. The van der Waals surface area contributed by atoms with Crippen LogP contribution in [0, 0.1) is 11.3 Å². The lowest BCUT2D eigenvalue weighted by Gasteiger charge is -2.08. The Bertz CT molecular complexity index is 466. The summed E-state index contributed by atoms with van der Waals surface area (Å²) in [6.45, 7) is 1.98. The van der Waals surface area contributed by atoms with Gasteiger partial charge in [0.2, 0.25) is 0 Å². The molecular weight excluding hydrogens is 286 g/mol. The molecule has 1 aromatic rings. The largest absolute Gasteiger partial charge is 0.508 e. The van der Waals surface area contributed by atoms with E-state index >= 15 is 0 Å². The van der Waals surface area contributed by atoms with Gasteiger partial charge in [0.05, 0.1) is 24.7 Å². The van der Waals surface area contributed by atoms with Crippen molar-refractivity contribution in [1.29, 1.82) is 5.26 Å². The van der Waals surface area contributed by atoms with Gasteiger partial charge in [-0.2, -0.15) is 5.26 Å². The number of ether oxygens (including phenoxy) is 1. The Hall–Kier alpha value is -1.54. The van der Waals surface area contributed by atoms with Gasteiger partial charge in [-0.25, -0.2) is 0 Å². The quantitative estimate of drug-likeness (QED) is 0.684. The minimum absolute atomic E-state index is 0.0495. The fourth-order valence-electron chi connectivity index (χ4n) is 1.43. The molecule has 0 aromatic heterocycles. The van der Waals surface area contributed by atoms with Crippen LogP contribution in [0.15, 0.2) is 12.1 Å². The molecule has 0 aliphatic rings. The fraction of sp³-hybridized carbons (Fsp3) is 0.333. The second-order valence-electron chi connectivity index (χ2n) is 3.37. The first kappa shape index (κ1) is 13.5. The Kier molecular flexibility index (Phi) is 4.98. The molecule has 90 valence electrons. The molecule has 0 atom stereocenters. The SMILES string of the molecule is CCOC(=O)Cc1c(O)cc(CBr)cc1C#N. The highest BCUT2D eigenvalue weighted by Crippen LogP contribution is 2.25. The molecule has 0 radical (unpaired) electrons. The third-order valence-corrected chi connectivity index (χ3v) is 2.83. The van der Waals surface area contributed by atoms with E-state index in [0.717, 1.165) is 5.56 Å². The van der Waals surface area contributed by atoms with Crippen molar-refractivity contribution in [3.63, 3.8) is 0 Å². The Labute approximate surface area is 108 Å². The Balaban J connectivity index is 3.07. The van der Waals surface area contributed by atoms with E-state index in [4.69, 9.17) is 10.00 Å². The minimum atomic E-state index is -0.453. The molecule has 0 saturated heterocycles. The first-order chi connectivity index (χ1) is 8.12. The summed E-state index contributed by atoms with van der Waals surface area (Å²) < 4.78 is 4.79. The highest BCUT2D eigenvalue weighted by molar-refractivity contribution is 9.08. The van der Waals surface area contributed by atoms with Crippen LogP contribution in [0.2, 0.25) is 0 Å². The van der Waals surface area contributed by atoms with Gasteiger partial charge in [-0.3, -0.25) is 4.79 Å². The highest BCUT2D eigenvalue weighted by atomic mass is 79.9. The van der Waals surface area contributed by atoms with Crippen molar-refractivity contribution in [3.05, 3.63) is 28.8 Å². The van der Waals surface area contributed by atoms with Crippen molar-refractivity contribution in [3.8, 4) is 11.8 Å². The second-order valence-corrected chi connectivity index (χ2v) is 3.93. The summed E-state index contributed by atoms with van der Waals surface area (Å²) >= 11 is 3.24. The standard InChI is InChI=1S/C12H12BrNO3/c1-2-17-12(16)5-10-9(7-14)3-8(6-13)4-11(10)15/h3-4,15H,2,5-6H2,1H3. The number of esters is 1. The van der Waals surface area contributed by atoms with E-state index in [1.807, 2.05) is 6.07 Å². The molecule has 1 aromatic carbocycles. The van der Waals surface area contributed by atoms with E-state index in [0.29, 0.717) is 16.5 Å². The van der Waals surface area contributed by atoms with E-state index in [1.54, 1.807) is 13.0 Å². The van der Waals surface area contributed by atoms with E-state index in [9.17, 15) is 9.90 Å². The first-order valence-corrected chi connectivity index (χ1v) is 6.21. The first-order valence-electron chi connectivity index (χ1n) is 5.08. The van der Waals surface area contributed by atoms with Gasteiger partial charge in [0, 0.05) is 10.9 Å². The molecule has 0 bridgehead atoms. The lowest BCUT2D eigenvalue weighted by atomic mass is 10.0. The van der Waals surface area contributed by atoms with E-state index in [1.165, 1.54) is 6.07 Å². The van der Waals surface area contributed by atoms with Gasteiger partial charge in [-0.05, 0) is 24.6 Å². The number of carbonyl (C=O) groups excluding carboxylic acids is 1. The number of nitriles is 1. The molecular formula is C12H12BrNO3. The fourth-order valence-corrected chi connectivity index (χ4v) is 1.76. The van der Waals surface area contributed by atoms with Crippen LogP contribution in [-0.4, -0.2) is 17.7 Å². The van der Waals surface area contributed by atoms with Gasteiger partial charge in [-0.1, -0.05) is 15.9 Å². The summed E-state index contributed by atoms with van der Waals surface area (Å²) in [7, 11) is 0. The maximum Gasteiger partial charge on any atom is 0.310 e. The molecule has 17 heavy (non-hydrogen) atoms. The zero-order valence-electron chi connectivity index (χ0n) is 9.36. The number of hydrogen-bond acceptors (Lipinski definition) is 4. The molecule has 0 heterocycles. The lowest BCUT2D eigenvalue weighted by Crippen LogP contribution is -2.09. The predicted molar refractivity (Wildman–Crippen MR) is 65.8 cm³/mol. The molecule has 0 saturated carbocycles. The molecule has 0 fully saturated rings. The summed E-state index contributed by atoms with van der Waals surface area (Å²) in [5, 5.41) is 19.3. The predicted octanol–water partition coefficient (Wildman–Crippen LogP) is 2.26. The number of phenols is 1. The molecule has 1 N–H and O–H groups in total. The Morgan fingerprint density at radius 1 is 1.59 bits per heavy atom. The van der Waals surface area contributed by atoms with Crippen LogP contribution in [0.5, 0.6) is 5.75 Å². The molecule has 4 nitrogen and oxygen atoms in total. The average Bonchev–Trinajstić information content (AvgIpc) is 2.31. The maximum atomic E-state index is 11.3. The number of hydrogen-bond donors (Lipinski definition) is 1. The zero-order valence-corrected chi connectivity index (χ0v) is 11.0. The molecule has 1 rings (SSSR count). The number of benzene rings is 1. The third kappa shape index (κ3) is 3.46. The molecule has 0 unspecified atom stereocenters. The van der Waals surface area contributed by atoms with Crippen LogP contribution >= 0.6 is 15.9 Å². The van der Waals surface area contributed by atoms with Crippen molar-refractivity contribution in [2.45, 2.75) is 18.7 Å². The van der Waals surface area contributed by atoms with Crippen LogP contribution in [0.3, 0.4) is 0 Å². The van der Waals surface area contributed by atoms with Gasteiger partial charge in [0.25, 0.3) is 0 Å². The normalized spacial score (nSPS) is 9.71. The van der Waals surface area contributed by atoms with E-state index in [-0.39, 0.29) is 18.8 Å². The van der Waals surface area contributed by atoms with Crippen molar-refractivity contribution >= 4 is 21.9 Å². The smallest absolute Gasteiger partial charge is 0.310 e. The van der Waals surface area contributed by atoms with Crippen LogP contribution in [-0.2, 0) is 21.3 Å². The lowest BCUT2D eigenvalue weighted by molar-refractivity contribution is -0.142. The minimum Gasteiger partial charge on any atom is -0.508 e. The maximum absolute atomic E-state index is 11.3. The number of halogens is 1. The van der Waals surface area contributed by atoms with E-state index in [2.05, 4.69) is 15.9 Å². The number of nitrogens with zero attached hydrogens (tertiary/aromatic N) is 1.